The number of hydrogen-bond donors (Lipinski definition) is 1. The van der Waals surface area contributed by atoms with E-state index in [0.717, 1.165) is 5.56 Å². The Balaban J connectivity index is 0.00000112. The molecular weight excluding hydrogens is 212 g/mol. The molecule has 2 N–H and O–H groups in total. The van der Waals surface area contributed by atoms with Crippen LogP contribution in [0.2, 0.25) is 0 Å². The van der Waals surface area contributed by atoms with Crippen LogP contribution in [-0.2, 0) is 0 Å². The van der Waals surface area contributed by atoms with E-state index in [4.69, 9.17) is 10.5 Å². The predicted octanol–water partition coefficient (Wildman–Crippen LogP) is 2.31. The van der Waals surface area contributed by atoms with Crippen molar-refractivity contribution in [2.24, 2.45) is 11.7 Å². The van der Waals surface area contributed by atoms with Crippen molar-refractivity contribution in [1.29, 1.82) is 0 Å². The fourth-order valence-electron chi connectivity index (χ4n) is 1.78. The van der Waals surface area contributed by atoms with E-state index in [2.05, 4.69) is 4.98 Å². The molecule has 1 atom stereocenters. The van der Waals surface area contributed by atoms with Crippen LogP contribution in [0.1, 0.15) is 30.9 Å². The first-order valence-corrected chi connectivity index (χ1v) is 5.07. The predicted molar refractivity (Wildman–Crippen MR) is 62.3 cm³/mol. The number of nitrogens with two attached hydrogens (primary N) is 1. The number of methoxy groups -OCH3 is 1. The molecular formula is C11H17ClN2O. The third-order valence-electron chi connectivity index (χ3n) is 3.01. The summed E-state index contributed by atoms with van der Waals surface area (Å²) in [6, 6.07) is 4.03. The van der Waals surface area contributed by atoms with E-state index in [9.17, 15) is 0 Å². The topological polar surface area (TPSA) is 48.1 Å². The lowest BCUT2D eigenvalue weighted by molar-refractivity contribution is 0.264. The number of pyridine rings is 1. The summed E-state index contributed by atoms with van der Waals surface area (Å²) in [6.07, 6.45) is 5.66. The average Bonchev–Trinajstić information content (AvgIpc) is 2.15. The summed E-state index contributed by atoms with van der Waals surface area (Å²) in [6.45, 7) is 0. The molecule has 0 aromatic carbocycles. The van der Waals surface area contributed by atoms with Gasteiger partial charge < -0.3 is 10.5 Å². The van der Waals surface area contributed by atoms with Crippen LogP contribution >= 0.6 is 12.4 Å². The Kier molecular flexibility index (Phi) is 4.36. The second-order valence-corrected chi connectivity index (χ2v) is 3.85. The first-order valence-electron chi connectivity index (χ1n) is 5.07. The van der Waals surface area contributed by atoms with Crippen LogP contribution in [0, 0.1) is 5.92 Å². The minimum absolute atomic E-state index is 0. The van der Waals surface area contributed by atoms with Crippen molar-refractivity contribution in [2.45, 2.75) is 25.3 Å². The fraction of sp³-hybridized carbons (Fsp3) is 0.545. The number of ether oxygens (including phenoxy) is 1. The van der Waals surface area contributed by atoms with E-state index in [1.54, 1.807) is 7.11 Å². The summed E-state index contributed by atoms with van der Waals surface area (Å²) in [5.74, 6) is 1.31. The Hall–Kier alpha value is -0.800. The molecule has 1 heterocycles. The zero-order chi connectivity index (χ0) is 9.97. The van der Waals surface area contributed by atoms with Gasteiger partial charge in [0.1, 0.15) is 0 Å². The molecule has 0 unspecified atom stereocenters. The summed E-state index contributed by atoms with van der Waals surface area (Å²) in [7, 11) is 1.62. The van der Waals surface area contributed by atoms with Crippen LogP contribution in [0.15, 0.2) is 18.3 Å². The Bertz CT molecular complexity index is 298. The monoisotopic (exact) mass is 228 g/mol. The van der Waals surface area contributed by atoms with Gasteiger partial charge in [-0.1, -0.05) is 12.5 Å². The van der Waals surface area contributed by atoms with Crippen LogP contribution < -0.4 is 10.5 Å². The van der Waals surface area contributed by atoms with Crippen LogP contribution in [-0.4, -0.2) is 12.1 Å². The number of hydrogen-bond acceptors (Lipinski definition) is 3. The molecule has 1 aliphatic rings. The zero-order valence-electron chi connectivity index (χ0n) is 8.85. The average molecular weight is 229 g/mol. The number of nitrogens with zero attached hydrogens (tertiary/aromatic N) is 1. The summed E-state index contributed by atoms with van der Waals surface area (Å²) >= 11 is 0. The Morgan fingerprint density at radius 2 is 2.20 bits per heavy atom. The first-order chi connectivity index (χ1) is 6.81. The molecule has 15 heavy (non-hydrogen) atoms. The van der Waals surface area contributed by atoms with Gasteiger partial charge in [0, 0.05) is 18.3 Å². The van der Waals surface area contributed by atoms with E-state index in [1.165, 1.54) is 19.3 Å². The van der Waals surface area contributed by atoms with Crippen molar-refractivity contribution in [3.05, 3.63) is 23.9 Å². The highest BCUT2D eigenvalue weighted by molar-refractivity contribution is 5.85. The number of aromatic nitrogens is 1. The van der Waals surface area contributed by atoms with Gasteiger partial charge in [-0.3, -0.25) is 0 Å². The molecule has 1 aromatic rings. The molecule has 1 aliphatic carbocycles. The van der Waals surface area contributed by atoms with Gasteiger partial charge >= 0.3 is 0 Å². The molecule has 3 nitrogen and oxygen atoms in total. The lowest BCUT2D eigenvalue weighted by atomic mass is 9.78. The Morgan fingerprint density at radius 1 is 1.47 bits per heavy atom. The highest BCUT2D eigenvalue weighted by atomic mass is 35.5. The second-order valence-electron chi connectivity index (χ2n) is 3.85. The van der Waals surface area contributed by atoms with Crippen LogP contribution in [0.5, 0.6) is 5.88 Å². The Morgan fingerprint density at radius 3 is 2.60 bits per heavy atom. The van der Waals surface area contributed by atoms with Crippen LogP contribution in [0.4, 0.5) is 0 Å². The van der Waals surface area contributed by atoms with E-state index >= 15 is 0 Å². The first kappa shape index (κ1) is 12.3. The van der Waals surface area contributed by atoms with Crippen molar-refractivity contribution in [3.8, 4) is 5.88 Å². The Labute approximate surface area is 96.4 Å². The molecule has 0 aliphatic heterocycles. The van der Waals surface area contributed by atoms with Gasteiger partial charge in [0.05, 0.1) is 7.11 Å². The normalized spacial score (nSPS) is 17.5. The molecule has 1 saturated carbocycles. The maximum absolute atomic E-state index is 6.11. The number of halogens is 1. The highest BCUT2D eigenvalue weighted by Crippen LogP contribution is 2.35. The van der Waals surface area contributed by atoms with E-state index in [0.29, 0.717) is 11.8 Å². The van der Waals surface area contributed by atoms with Gasteiger partial charge in [-0.2, -0.15) is 0 Å². The molecule has 0 spiro atoms. The van der Waals surface area contributed by atoms with Gasteiger partial charge in [-0.15, -0.1) is 12.4 Å². The van der Waals surface area contributed by atoms with Crippen molar-refractivity contribution in [1.82, 2.24) is 4.98 Å². The molecule has 1 aromatic heterocycles. The summed E-state index contributed by atoms with van der Waals surface area (Å²) in [5.41, 5.74) is 7.23. The molecule has 0 amide bonds. The summed E-state index contributed by atoms with van der Waals surface area (Å²) in [5, 5.41) is 0. The molecule has 84 valence electrons. The van der Waals surface area contributed by atoms with Gasteiger partial charge in [-0.05, 0) is 24.3 Å². The van der Waals surface area contributed by atoms with Crippen molar-refractivity contribution in [2.75, 3.05) is 7.11 Å². The maximum atomic E-state index is 6.11. The van der Waals surface area contributed by atoms with E-state index in [1.807, 2.05) is 18.3 Å². The third kappa shape index (κ3) is 2.61. The fourth-order valence-corrected chi connectivity index (χ4v) is 1.78. The summed E-state index contributed by atoms with van der Waals surface area (Å²) < 4.78 is 5.00. The maximum Gasteiger partial charge on any atom is 0.212 e. The van der Waals surface area contributed by atoms with Gasteiger partial charge in [0.15, 0.2) is 0 Å². The van der Waals surface area contributed by atoms with Crippen LogP contribution in [0.3, 0.4) is 0 Å². The lowest BCUT2D eigenvalue weighted by Crippen LogP contribution is -2.26. The molecule has 1 fully saturated rings. The molecule has 0 radical (unpaired) electrons. The molecule has 2 rings (SSSR count). The largest absolute Gasteiger partial charge is 0.481 e. The molecule has 4 heteroatoms. The van der Waals surface area contributed by atoms with Gasteiger partial charge in [-0.25, -0.2) is 4.98 Å². The number of rotatable bonds is 3. The zero-order valence-corrected chi connectivity index (χ0v) is 9.67. The lowest BCUT2D eigenvalue weighted by Gasteiger charge is -2.31. The third-order valence-corrected chi connectivity index (χ3v) is 3.01. The standard InChI is InChI=1S/C11H16N2O.ClH/c1-14-10-6-5-9(7-13-10)11(12)8-3-2-4-8;/h5-8,11H,2-4,12H2,1H3;1H/t11-;/m1./s1. The summed E-state index contributed by atoms with van der Waals surface area (Å²) in [4.78, 5) is 4.16. The SMILES string of the molecule is COc1ccc([C@H](N)C2CCC2)cn1.Cl. The van der Waals surface area contributed by atoms with Crippen molar-refractivity contribution < 1.29 is 4.74 Å². The minimum atomic E-state index is 0. The van der Waals surface area contributed by atoms with Gasteiger partial charge in [0.2, 0.25) is 5.88 Å². The smallest absolute Gasteiger partial charge is 0.212 e. The minimum Gasteiger partial charge on any atom is -0.481 e. The van der Waals surface area contributed by atoms with Crippen molar-refractivity contribution in [3.63, 3.8) is 0 Å². The van der Waals surface area contributed by atoms with E-state index < -0.39 is 0 Å². The quantitative estimate of drug-likeness (QED) is 0.864. The van der Waals surface area contributed by atoms with E-state index in [-0.39, 0.29) is 18.4 Å². The molecule has 0 saturated heterocycles. The van der Waals surface area contributed by atoms with Crippen LogP contribution in [0.25, 0.3) is 0 Å². The van der Waals surface area contributed by atoms with Crippen molar-refractivity contribution >= 4 is 12.4 Å². The molecule has 0 bridgehead atoms. The second kappa shape index (κ2) is 5.33. The van der Waals surface area contributed by atoms with Gasteiger partial charge in [0.25, 0.3) is 0 Å². The highest BCUT2D eigenvalue weighted by Gasteiger charge is 2.25.